The van der Waals surface area contributed by atoms with Crippen molar-refractivity contribution in [1.82, 2.24) is 0 Å². The van der Waals surface area contributed by atoms with Gasteiger partial charge in [-0.25, -0.2) is 0 Å². The van der Waals surface area contributed by atoms with Crippen molar-refractivity contribution < 1.29 is 5.11 Å². The smallest absolute Gasteiger partial charge is 0.0577 e. The standard InChI is InChI=1S/C15H26O/c1-4-5-14-11(2)6-7-12-10-13(16)8-9-15(12,14)3/h7,11,13-14,16H,4-6,8-10H2,1-3H3/t11?,13-,14-,15-/m0/s1. The highest BCUT2D eigenvalue weighted by atomic mass is 16.3. The fourth-order valence-corrected chi connectivity index (χ4v) is 3.99. The van der Waals surface area contributed by atoms with E-state index in [0.29, 0.717) is 5.41 Å². The number of fused-ring (bicyclic) bond motifs is 1. The summed E-state index contributed by atoms with van der Waals surface area (Å²) in [6.07, 6.45) is 9.35. The lowest BCUT2D eigenvalue weighted by Gasteiger charge is -2.49. The van der Waals surface area contributed by atoms with Crippen LogP contribution in [0.25, 0.3) is 0 Å². The summed E-state index contributed by atoms with van der Waals surface area (Å²) in [7, 11) is 0. The third-order valence-electron chi connectivity index (χ3n) is 5.03. The van der Waals surface area contributed by atoms with Gasteiger partial charge in [0.1, 0.15) is 0 Å². The van der Waals surface area contributed by atoms with E-state index in [1.807, 2.05) is 0 Å². The highest BCUT2D eigenvalue weighted by Gasteiger charge is 2.44. The van der Waals surface area contributed by atoms with Crippen molar-refractivity contribution >= 4 is 0 Å². The van der Waals surface area contributed by atoms with E-state index in [9.17, 15) is 5.11 Å². The number of hydrogen-bond acceptors (Lipinski definition) is 1. The quantitative estimate of drug-likeness (QED) is 0.702. The second-order valence-corrected chi connectivity index (χ2v) is 6.15. The molecular weight excluding hydrogens is 196 g/mol. The molecule has 1 saturated carbocycles. The van der Waals surface area contributed by atoms with Crippen LogP contribution >= 0.6 is 0 Å². The van der Waals surface area contributed by atoms with Crippen LogP contribution in [0, 0.1) is 17.3 Å². The summed E-state index contributed by atoms with van der Waals surface area (Å²) in [6.45, 7) is 7.15. The molecule has 1 fully saturated rings. The van der Waals surface area contributed by atoms with Crippen molar-refractivity contribution in [3.8, 4) is 0 Å². The van der Waals surface area contributed by atoms with Crippen LogP contribution in [-0.2, 0) is 0 Å². The largest absolute Gasteiger partial charge is 0.393 e. The molecule has 1 N–H and O–H groups in total. The summed E-state index contributed by atoms with van der Waals surface area (Å²) in [4.78, 5) is 0. The molecule has 4 atom stereocenters. The Morgan fingerprint density at radius 3 is 2.94 bits per heavy atom. The average molecular weight is 222 g/mol. The molecular formula is C15H26O. The third-order valence-corrected chi connectivity index (χ3v) is 5.03. The molecule has 2 rings (SSSR count). The predicted octanol–water partition coefficient (Wildman–Crippen LogP) is 3.92. The van der Waals surface area contributed by atoms with Gasteiger partial charge in [0.25, 0.3) is 0 Å². The maximum atomic E-state index is 9.80. The first kappa shape index (κ1) is 12.2. The normalized spacial score (nSPS) is 43.8. The summed E-state index contributed by atoms with van der Waals surface area (Å²) >= 11 is 0. The molecule has 0 aliphatic heterocycles. The molecule has 0 spiro atoms. The lowest BCUT2D eigenvalue weighted by molar-refractivity contribution is 0.0512. The predicted molar refractivity (Wildman–Crippen MR) is 68.2 cm³/mol. The topological polar surface area (TPSA) is 20.2 Å². The Kier molecular flexibility index (Phi) is 3.44. The van der Waals surface area contributed by atoms with Gasteiger partial charge in [-0.2, -0.15) is 0 Å². The fraction of sp³-hybridized carbons (Fsp3) is 0.867. The summed E-state index contributed by atoms with van der Waals surface area (Å²) in [6, 6.07) is 0. The van der Waals surface area contributed by atoms with Gasteiger partial charge in [0.05, 0.1) is 6.10 Å². The van der Waals surface area contributed by atoms with Crippen LogP contribution in [0.5, 0.6) is 0 Å². The molecule has 0 aromatic heterocycles. The van der Waals surface area contributed by atoms with Crippen LogP contribution < -0.4 is 0 Å². The zero-order chi connectivity index (χ0) is 11.8. The van der Waals surface area contributed by atoms with Crippen LogP contribution in [0.3, 0.4) is 0 Å². The van der Waals surface area contributed by atoms with Gasteiger partial charge in [-0.1, -0.05) is 38.8 Å². The van der Waals surface area contributed by atoms with Gasteiger partial charge in [-0.3, -0.25) is 0 Å². The molecule has 0 heterocycles. The molecule has 2 aliphatic rings. The molecule has 0 aromatic rings. The van der Waals surface area contributed by atoms with Crippen LogP contribution in [0.15, 0.2) is 11.6 Å². The molecule has 0 saturated heterocycles. The van der Waals surface area contributed by atoms with Gasteiger partial charge in [0.2, 0.25) is 0 Å². The molecule has 0 amide bonds. The Morgan fingerprint density at radius 1 is 1.50 bits per heavy atom. The van der Waals surface area contributed by atoms with Gasteiger partial charge in [0, 0.05) is 0 Å². The first-order chi connectivity index (χ1) is 7.58. The first-order valence-electron chi connectivity index (χ1n) is 6.95. The van der Waals surface area contributed by atoms with Gasteiger partial charge < -0.3 is 5.11 Å². The maximum Gasteiger partial charge on any atom is 0.0577 e. The summed E-state index contributed by atoms with van der Waals surface area (Å²) in [5.41, 5.74) is 1.95. The van der Waals surface area contributed by atoms with E-state index in [1.54, 1.807) is 5.57 Å². The van der Waals surface area contributed by atoms with E-state index in [0.717, 1.165) is 24.7 Å². The molecule has 16 heavy (non-hydrogen) atoms. The minimum atomic E-state index is -0.0741. The van der Waals surface area contributed by atoms with Crippen LogP contribution in [0.4, 0.5) is 0 Å². The van der Waals surface area contributed by atoms with Crippen molar-refractivity contribution in [2.24, 2.45) is 17.3 Å². The minimum absolute atomic E-state index is 0.0741. The van der Waals surface area contributed by atoms with Crippen molar-refractivity contribution in [3.05, 3.63) is 11.6 Å². The van der Waals surface area contributed by atoms with Crippen LogP contribution in [-0.4, -0.2) is 11.2 Å². The van der Waals surface area contributed by atoms with Crippen LogP contribution in [0.2, 0.25) is 0 Å². The summed E-state index contributed by atoms with van der Waals surface area (Å²) in [5.74, 6) is 1.66. The molecule has 0 radical (unpaired) electrons. The number of rotatable bonds is 2. The van der Waals surface area contributed by atoms with Gasteiger partial charge in [-0.15, -0.1) is 0 Å². The maximum absolute atomic E-state index is 9.80. The van der Waals surface area contributed by atoms with Crippen LogP contribution in [0.1, 0.15) is 59.3 Å². The Labute approximate surface area is 99.9 Å². The SMILES string of the molecule is CCC[C@H]1C(C)CC=C2C[C@@H](O)CC[C@@]21C. The Morgan fingerprint density at radius 2 is 2.25 bits per heavy atom. The first-order valence-corrected chi connectivity index (χ1v) is 6.95. The van der Waals surface area contributed by atoms with E-state index >= 15 is 0 Å². The highest BCUT2D eigenvalue weighted by Crippen LogP contribution is 2.53. The Bertz CT molecular complexity index is 281. The van der Waals surface area contributed by atoms with E-state index in [4.69, 9.17) is 0 Å². The highest BCUT2D eigenvalue weighted by molar-refractivity contribution is 5.22. The van der Waals surface area contributed by atoms with Gasteiger partial charge in [-0.05, 0) is 49.4 Å². The van der Waals surface area contributed by atoms with Crippen molar-refractivity contribution in [2.45, 2.75) is 65.4 Å². The molecule has 1 nitrogen and oxygen atoms in total. The van der Waals surface area contributed by atoms with Crippen molar-refractivity contribution in [1.29, 1.82) is 0 Å². The number of hydrogen-bond donors (Lipinski definition) is 1. The second kappa shape index (κ2) is 4.52. The Hall–Kier alpha value is -0.300. The Balaban J connectivity index is 2.24. The van der Waals surface area contributed by atoms with E-state index in [-0.39, 0.29) is 6.10 Å². The second-order valence-electron chi connectivity index (χ2n) is 6.15. The van der Waals surface area contributed by atoms with E-state index in [2.05, 4.69) is 26.8 Å². The van der Waals surface area contributed by atoms with Gasteiger partial charge in [0.15, 0.2) is 0 Å². The molecule has 0 aromatic carbocycles. The fourth-order valence-electron chi connectivity index (χ4n) is 3.99. The number of allylic oxidation sites excluding steroid dienone is 1. The van der Waals surface area contributed by atoms with E-state index < -0.39 is 0 Å². The zero-order valence-corrected chi connectivity index (χ0v) is 11.0. The average Bonchev–Trinajstić information content (AvgIpc) is 2.25. The lowest BCUT2D eigenvalue weighted by atomic mass is 9.56. The molecule has 2 aliphatic carbocycles. The monoisotopic (exact) mass is 222 g/mol. The third kappa shape index (κ3) is 1.95. The van der Waals surface area contributed by atoms with Crippen molar-refractivity contribution in [3.63, 3.8) is 0 Å². The molecule has 1 heteroatoms. The van der Waals surface area contributed by atoms with E-state index in [1.165, 1.54) is 25.7 Å². The van der Waals surface area contributed by atoms with Crippen molar-refractivity contribution in [2.75, 3.05) is 0 Å². The molecule has 92 valence electrons. The van der Waals surface area contributed by atoms with Gasteiger partial charge >= 0.3 is 0 Å². The lowest BCUT2D eigenvalue weighted by Crippen LogP contribution is -2.41. The molecule has 0 bridgehead atoms. The minimum Gasteiger partial charge on any atom is -0.393 e. The summed E-state index contributed by atoms with van der Waals surface area (Å²) in [5, 5.41) is 9.80. The number of aliphatic hydroxyl groups excluding tert-OH is 1. The zero-order valence-electron chi connectivity index (χ0n) is 11.0. The summed E-state index contributed by atoms with van der Waals surface area (Å²) < 4.78 is 0. The number of aliphatic hydroxyl groups is 1. The molecule has 1 unspecified atom stereocenters.